The number of benzene rings is 2. The van der Waals surface area contributed by atoms with Crippen LogP contribution in [0.5, 0.6) is 0 Å². The Labute approximate surface area is 150 Å². The normalized spacial score (nSPS) is 11.3. The number of thioether (sulfide) groups is 1. The molecule has 0 radical (unpaired) electrons. The van der Waals surface area contributed by atoms with E-state index in [2.05, 4.69) is 16.0 Å². The number of amides is 4. The molecule has 0 aromatic heterocycles. The quantitative estimate of drug-likeness (QED) is 0.718. The van der Waals surface area contributed by atoms with Crippen molar-refractivity contribution in [1.29, 1.82) is 0 Å². The summed E-state index contributed by atoms with van der Waals surface area (Å²) in [6.45, 7) is 1.44. The Morgan fingerprint density at radius 2 is 1.60 bits per heavy atom. The Hall–Kier alpha value is -2.80. The van der Waals surface area contributed by atoms with Crippen LogP contribution in [0.2, 0.25) is 0 Å². The Morgan fingerprint density at radius 3 is 2.16 bits per heavy atom. The van der Waals surface area contributed by atoms with Crippen LogP contribution >= 0.6 is 11.8 Å². The van der Waals surface area contributed by atoms with E-state index in [-0.39, 0.29) is 5.91 Å². The van der Waals surface area contributed by atoms with Crippen LogP contribution in [0.4, 0.5) is 10.5 Å². The van der Waals surface area contributed by atoms with Gasteiger partial charge in [0.25, 0.3) is 0 Å². The molecule has 6 nitrogen and oxygen atoms in total. The highest BCUT2D eigenvalue weighted by Crippen LogP contribution is 2.35. The molecule has 7 heteroatoms. The molecule has 0 saturated heterocycles. The molecule has 0 bridgehead atoms. The van der Waals surface area contributed by atoms with Gasteiger partial charge < -0.3 is 10.6 Å². The summed E-state index contributed by atoms with van der Waals surface area (Å²) in [7, 11) is 1.45. The first-order valence-corrected chi connectivity index (χ1v) is 8.49. The molecule has 2 rings (SSSR count). The second-order valence-electron chi connectivity index (χ2n) is 5.18. The SMILES string of the molecule is CNC(=O)NC(=O)[C@H](Sc1ccc(NC(C)=O)cc1)c1ccccc1. The first-order chi connectivity index (χ1) is 12.0. The smallest absolute Gasteiger partial charge is 0.321 e. The van der Waals surface area contributed by atoms with E-state index in [0.717, 1.165) is 10.5 Å². The molecule has 25 heavy (non-hydrogen) atoms. The van der Waals surface area contributed by atoms with Crippen LogP contribution in [0.15, 0.2) is 59.5 Å². The third-order valence-electron chi connectivity index (χ3n) is 3.23. The van der Waals surface area contributed by atoms with E-state index in [1.165, 1.54) is 25.7 Å². The molecule has 4 amide bonds. The monoisotopic (exact) mass is 357 g/mol. The molecule has 0 aliphatic carbocycles. The number of urea groups is 1. The Balaban J connectivity index is 2.19. The Bertz CT molecular complexity index is 748. The van der Waals surface area contributed by atoms with Crippen molar-refractivity contribution in [3.05, 3.63) is 60.2 Å². The summed E-state index contributed by atoms with van der Waals surface area (Å²) in [5.41, 5.74) is 1.47. The van der Waals surface area contributed by atoms with Crippen LogP contribution in [0.3, 0.4) is 0 Å². The van der Waals surface area contributed by atoms with Crippen molar-refractivity contribution in [3.63, 3.8) is 0 Å². The first-order valence-electron chi connectivity index (χ1n) is 7.61. The fourth-order valence-corrected chi connectivity index (χ4v) is 3.12. The van der Waals surface area contributed by atoms with Crippen molar-refractivity contribution in [3.8, 4) is 0 Å². The Morgan fingerprint density at radius 1 is 0.960 bits per heavy atom. The van der Waals surface area contributed by atoms with Crippen LogP contribution in [0.25, 0.3) is 0 Å². The van der Waals surface area contributed by atoms with Gasteiger partial charge in [0.2, 0.25) is 11.8 Å². The van der Waals surface area contributed by atoms with Crippen molar-refractivity contribution >= 4 is 35.3 Å². The molecule has 0 fully saturated rings. The maximum atomic E-state index is 12.5. The summed E-state index contributed by atoms with van der Waals surface area (Å²) >= 11 is 1.33. The van der Waals surface area contributed by atoms with E-state index in [4.69, 9.17) is 0 Å². The Kier molecular flexibility index (Phi) is 6.59. The van der Waals surface area contributed by atoms with Crippen molar-refractivity contribution < 1.29 is 14.4 Å². The van der Waals surface area contributed by atoms with E-state index in [9.17, 15) is 14.4 Å². The largest absolute Gasteiger partial charge is 0.341 e. The van der Waals surface area contributed by atoms with Gasteiger partial charge in [0.15, 0.2) is 0 Å². The average molecular weight is 357 g/mol. The van der Waals surface area contributed by atoms with E-state index in [1.54, 1.807) is 12.1 Å². The molecule has 2 aromatic rings. The zero-order chi connectivity index (χ0) is 18.2. The van der Waals surface area contributed by atoms with Gasteiger partial charge >= 0.3 is 6.03 Å². The highest BCUT2D eigenvalue weighted by molar-refractivity contribution is 8.00. The maximum absolute atomic E-state index is 12.5. The standard InChI is InChI=1S/C18H19N3O3S/c1-12(22)20-14-8-10-15(11-9-14)25-16(13-6-4-3-5-7-13)17(23)21-18(24)19-2/h3-11,16H,1-2H3,(H,20,22)(H2,19,21,23,24)/t16-/m1/s1. The second-order valence-corrected chi connectivity index (χ2v) is 6.36. The second kappa shape index (κ2) is 8.89. The van der Waals surface area contributed by atoms with Gasteiger partial charge in [-0.2, -0.15) is 0 Å². The van der Waals surface area contributed by atoms with Crippen molar-refractivity contribution in [2.75, 3.05) is 12.4 Å². The molecule has 0 heterocycles. The van der Waals surface area contributed by atoms with Gasteiger partial charge in [-0.3, -0.25) is 14.9 Å². The van der Waals surface area contributed by atoms with Gasteiger partial charge in [-0.25, -0.2) is 4.79 Å². The first kappa shape index (κ1) is 18.5. The van der Waals surface area contributed by atoms with E-state index in [1.807, 2.05) is 42.5 Å². The number of carbonyl (C=O) groups is 3. The van der Waals surface area contributed by atoms with Gasteiger partial charge in [0.05, 0.1) is 0 Å². The number of hydrogen-bond donors (Lipinski definition) is 3. The van der Waals surface area contributed by atoms with Crippen molar-refractivity contribution in [2.45, 2.75) is 17.1 Å². The molecule has 2 aromatic carbocycles. The van der Waals surface area contributed by atoms with Crippen LogP contribution in [0, 0.1) is 0 Å². The zero-order valence-corrected chi connectivity index (χ0v) is 14.7. The zero-order valence-electron chi connectivity index (χ0n) is 13.9. The fourth-order valence-electron chi connectivity index (χ4n) is 2.10. The van der Waals surface area contributed by atoms with Gasteiger partial charge in [-0.05, 0) is 29.8 Å². The number of anilines is 1. The summed E-state index contributed by atoms with van der Waals surface area (Å²) < 4.78 is 0. The maximum Gasteiger partial charge on any atom is 0.321 e. The summed E-state index contributed by atoms with van der Waals surface area (Å²) in [5, 5.41) is 6.80. The molecule has 0 aliphatic rings. The molecule has 1 atom stereocenters. The van der Waals surface area contributed by atoms with E-state index >= 15 is 0 Å². The molecule has 130 valence electrons. The number of carbonyl (C=O) groups excluding carboxylic acids is 3. The van der Waals surface area contributed by atoms with Crippen LogP contribution in [-0.2, 0) is 9.59 Å². The molecule has 0 saturated carbocycles. The molecular formula is C18H19N3O3S. The lowest BCUT2D eigenvalue weighted by molar-refractivity contribution is -0.119. The minimum Gasteiger partial charge on any atom is -0.341 e. The van der Waals surface area contributed by atoms with Gasteiger partial charge in [-0.1, -0.05) is 30.3 Å². The number of imide groups is 1. The average Bonchev–Trinajstić information content (AvgIpc) is 2.61. The van der Waals surface area contributed by atoms with Crippen LogP contribution < -0.4 is 16.0 Å². The lowest BCUT2D eigenvalue weighted by Gasteiger charge is -2.16. The lowest BCUT2D eigenvalue weighted by Crippen LogP contribution is -2.39. The molecule has 0 spiro atoms. The third kappa shape index (κ3) is 5.65. The minimum absolute atomic E-state index is 0.146. The van der Waals surface area contributed by atoms with Gasteiger partial charge in [0.1, 0.15) is 5.25 Å². The molecule has 0 aliphatic heterocycles. The van der Waals surface area contributed by atoms with Gasteiger partial charge in [0, 0.05) is 24.6 Å². The summed E-state index contributed by atoms with van der Waals surface area (Å²) in [6.07, 6.45) is 0. The van der Waals surface area contributed by atoms with E-state index in [0.29, 0.717) is 5.69 Å². The number of hydrogen-bond acceptors (Lipinski definition) is 4. The van der Waals surface area contributed by atoms with Crippen LogP contribution in [0.1, 0.15) is 17.7 Å². The fraction of sp³-hybridized carbons (Fsp3) is 0.167. The highest BCUT2D eigenvalue weighted by atomic mass is 32.2. The third-order valence-corrected chi connectivity index (χ3v) is 4.50. The van der Waals surface area contributed by atoms with E-state index < -0.39 is 17.2 Å². The number of rotatable bonds is 5. The summed E-state index contributed by atoms with van der Waals surface area (Å²) in [4.78, 5) is 35.9. The summed E-state index contributed by atoms with van der Waals surface area (Å²) in [5.74, 6) is -0.547. The lowest BCUT2D eigenvalue weighted by atomic mass is 10.1. The molecule has 3 N–H and O–H groups in total. The minimum atomic E-state index is -0.579. The topological polar surface area (TPSA) is 87.3 Å². The predicted octanol–water partition coefficient (Wildman–Crippen LogP) is 2.93. The highest BCUT2D eigenvalue weighted by Gasteiger charge is 2.23. The molecular weight excluding hydrogens is 338 g/mol. The van der Waals surface area contributed by atoms with Crippen molar-refractivity contribution in [2.24, 2.45) is 0 Å². The summed E-state index contributed by atoms with van der Waals surface area (Å²) in [6, 6.07) is 15.9. The predicted molar refractivity (Wildman–Crippen MR) is 98.4 cm³/mol. The van der Waals surface area contributed by atoms with Crippen LogP contribution in [-0.4, -0.2) is 24.9 Å². The molecule has 0 unspecified atom stereocenters. The van der Waals surface area contributed by atoms with Gasteiger partial charge in [-0.15, -0.1) is 11.8 Å². The number of nitrogens with one attached hydrogen (secondary N) is 3. The van der Waals surface area contributed by atoms with Crippen molar-refractivity contribution in [1.82, 2.24) is 10.6 Å².